The molecule has 1 unspecified atom stereocenters. The van der Waals surface area contributed by atoms with Crippen LogP contribution in [0.1, 0.15) is 41.9 Å². The lowest BCUT2D eigenvalue weighted by Crippen LogP contribution is -2.73. The van der Waals surface area contributed by atoms with Crippen LogP contribution in [0.15, 0.2) is 72.8 Å². The lowest BCUT2D eigenvalue weighted by Gasteiger charge is -2.72. The predicted molar refractivity (Wildman–Crippen MR) is 131 cm³/mol. The van der Waals surface area contributed by atoms with E-state index in [2.05, 4.69) is 35.6 Å². The summed E-state index contributed by atoms with van der Waals surface area (Å²) in [5, 5.41) is 12.6. The first-order valence-corrected chi connectivity index (χ1v) is 11.9. The Morgan fingerprint density at radius 2 is 1.51 bits per heavy atom. The lowest BCUT2D eigenvalue weighted by molar-refractivity contribution is -0.183. The third-order valence-electron chi connectivity index (χ3n) is 8.21. The number of nitrogens with one attached hydrogen (secondary N) is 1. The van der Waals surface area contributed by atoms with E-state index >= 15 is 0 Å². The molecule has 3 aromatic carbocycles. The van der Waals surface area contributed by atoms with Crippen LogP contribution < -0.4 is 10.1 Å². The van der Waals surface area contributed by atoms with Gasteiger partial charge in [0.05, 0.1) is 7.11 Å². The molecule has 2 N–H and O–H groups in total. The minimum absolute atomic E-state index is 0.0663. The number of carbonyl (C=O) groups is 2. The number of benzene rings is 3. The van der Waals surface area contributed by atoms with Crippen molar-refractivity contribution in [3.63, 3.8) is 0 Å². The van der Waals surface area contributed by atoms with Crippen molar-refractivity contribution in [1.82, 2.24) is 5.32 Å². The summed E-state index contributed by atoms with van der Waals surface area (Å²) in [7, 11) is 1.65. The van der Waals surface area contributed by atoms with Gasteiger partial charge in [0.15, 0.2) is 0 Å². The van der Waals surface area contributed by atoms with Gasteiger partial charge in [-0.3, -0.25) is 0 Å². The van der Waals surface area contributed by atoms with E-state index in [1.807, 2.05) is 42.5 Å². The number of alkyl carbamates (subject to hydrolysis) is 1. The fourth-order valence-corrected chi connectivity index (χ4v) is 6.78. The molecule has 3 saturated carbocycles. The Balaban J connectivity index is 1.13. The summed E-state index contributed by atoms with van der Waals surface area (Å²) in [4.78, 5) is 24.9. The van der Waals surface area contributed by atoms with Crippen LogP contribution in [0.25, 0.3) is 11.1 Å². The molecule has 1 atom stereocenters. The quantitative estimate of drug-likeness (QED) is 0.502. The van der Waals surface area contributed by atoms with Crippen LogP contribution in [0, 0.1) is 5.41 Å². The highest BCUT2D eigenvalue weighted by Gasteiger charge is 2.73. The molecule has 0 aromatic heterocycles. The van der Waals surface area contributed by atoms with E-state index in [1.54, 1.807) is 7.11 Å². The van der Waals surface area contributed by atoms with Gasteiger partial charge >= 0.3 is 12.1 Å². The molecule has 0 heterocycles. The van der Waals surface area contributed by atoms with Crippen LogP contribution in [0.2, 0.25) is 0 Å². The number of hydrogen-bond donors (Lipinski definition) is 2. The minimum Gasteiger partial charge on any atom is -0.496 e. The molecule has 6 nitrogen and oxygen atoms in total. The maximum absolute atomic E-state index is 12.8. The zero-order valence-corrected chi connectivity index (χ0v) is 19.5. The molecule has 3 fully saturated rings. The zero-order valence-electron chi connectivity index (χ0n) is 19.5. The number of ether oxygens (including phenoxy) is 2. The van der Waals surface area contributed by atoms with E-state index in [4.69, 9.17) is 9.47 Å². The van der Waals surface area contributed by atoms with Gasteiger partial charge in [-0.05, 0) is 47.6 Å². The second-order valence-corrected chi connectivity index (χ2v) is 10.1. The van der Waals surface area contributed by atoms with E-state index < -0.39 is 23.5 Å². The maximum Gasteiger partial charge on any atom is 0.407 e. The number of hydrogen-bond acceptors (Lipinski definition) is 4. The van der Waals surface area contributed by atoms with Crippen LogP contribution >= 0.6 is 0 Å². The van der Waals surface area contributed by atoms with Crippen LogP contribution in [0.5, 0.6) is 5.75 Å². The Hall–Kier alpha value is -3.80. The van der Waals surface area contributed by atoms with E-state index in [0.29, 0.717) is 19.3 Å². The monoisotopic (exact) mass is 469 g/mol. The molecule has 35 heavy (non-hydrogen) atoms. The Kier molecular flexibility index (Phi) is 4.88. The molecular weight excluding hydrogens is 442 g/mol. The van der Waals surface area contributed by atoms with Gasteiger partial charge in [0.1, 0.15) is 18.4 Å². The van der Waals surface area contributed by atoms with Gasteiger partial charge in [0.25, 0.3) is 0 Å². The predicted octanol–water partition coefficient (Wildman–Crippen LogP) is 5.11. The van der Waals surface area contributed by atoms with Gasteiger partial charge in [-0.25, -0.2) is 9.59 Å². The van der Waals surface area contributed by atoms with E-state index in [9.17, 15) is 14.7 Å². The first kappa shape index (κ1) is 21.7. The van der Waals surface area contributed by atoms with Crippen molar-refractivity contribution in [3.05, 3.63) is 89.5 Å². The fraction of sp³-hybridized carbons (Fsp3) is 0.310. The number of amides is 1. The Bertz CT molecular complexity index is 1270. The minimum atomic E-state index is -1.02. The number of aliphatic carboxylic acids is 1. The highest BCUT2D eigenvalue weighted by atomic mass is 16.5. The average Bonchev–Trinajstić information content (AvgIpc) is 3.14. The van der Waals surface area contributed by atoms with Crippen LogP contribution in [-0.4, -0.2) is 36.9 Å². The van der Waals surface area contributed by atoms with Crippen LogP contribution in [-0.2, 0) is 14.9 Å². The summed E-state index contributed by atoms with van der Waals surface area (Å²) >= 11 is 0. The normalized spacial score (nSPS) is 24.3. The second-order valence-electron chi connectivity index (χ2n) is 10.1. The van der Waals surface area contributed by atoms with Crippen molar-refractivity contribution < 1.29 is 24.2 Å². The third-order valence-corrected chi connectivity index (χ3v) is 8.21. The van der Waals surface area contributed by atoms with Crippen molar-refractivity contribution in [2.24, 2.45) is 5.41 Å². The summed E-state index contributed by atoms with van der Waals surface area (Å²) in [5.74, 6) is -0.260. The third kappa shape index (κ3) is 3.23. The van der Waals surface area contributed by atoms with E-state index in [0.717, 1.165) is 33.6 Å². The SMILES string of the molecule is COc1ccccc1C12CC(C(NC(=O)OCC3c4ccccc4-c4ccccc43)C(=O)O)(C1)C2. The van der Waals surface area contributed by atoms with Gasteiger partial charge in [0.2, 0.25) is 0 Å². The molecule has 6 heteroatoms. The molecule has 1 amide bonds. The molecule has 4 aliphatic rings. The number of methoxy groups -OCH3 is 1. The number of carboxylic acids is 1. The molecule has 2 bridgehead atoms. The summed E-state index contributed by atoms with van der Waals surface area (Å²) in [6, 6.07) is 23.2. The summed E-state index contributed by atoms with van der Waals surface area (Å²) in [6.45, 7) is 0.157. The number of carbonyl (C=O) groups excluding carboxylic acids is 1. The zero-order chi connectivity index (χ0) is 24.2. The van der Waals surface area contributed by atoms with Gasteiger partial charge < -0.3 is 19.9 Å². The van der Waals surface area contributed by atoms with Crippen LogP contribution in [0.4, 0.5) is 4.79 Å². The molecule has 4 aliphatic carbocycles. The molecular formula is C29H27NO5. The molecule has 0 spiro atoms. The fourth-order valence-electron chi connectivity index (χ4n) is 6.78. The van der Waals surface area contributed by atoms with Crippen molar-refractivity contribution in [1.29, 1.82) is 0 Å². The standard InChI is InChI=1S/C29H27NO5/c1-34-24-13-7-6-12-23(24)28-15-29(16-28,17-28)25(26(31)32)30-27(33)35-14-22-20-10-4-2-8-18(20)19-9-3-5-11-21(19)22/h2-13,22,25H,14-17H2,1H3,(H,30,33)(H,31,32). The first-order valence-electron chi connectivity index (χ1n) is 11.9. The largest absolute Gasteiger partial charge is 0.496 e. The average molecular weight is 470 g/mol. The highest BCUT2D eigenvalue weighted by Crippen LogP contribution is 2.75. The number of carboxylic acid groups (broad SMARTS) is 1. The number of para-hydroxylation sites is 1. The summed E-state index contributed by atoms with van der Waals surface area (Å²) in [5.41, 5.74) is 5.15. The van der Waals surface area contributed by atoms with Crippen molar-refractivity contribution in [2.75, 3.05) is 13.7 Å². The Labute approximate surface area is 203 Å². The smallest absolute Gasteiger partial charge is 0.407 e. The second kappa shape index (κ2) is 7.87. The Morgan fingerprint density at radius 1 is 0.943 bits per heavy atom. The van der Waals surface area contributed by atoms with Crippen LogP contribution in [0.3, 0.4) is 0 Å². The highest BCUT2D eigenvalue weighted by molar-refractivity contribution is 5.82. The summed E-state index contributed by atoms with van der Waals surface area (Å²) < 4.78 is 11.1. The number of rotatable bonds is 7. The van der Waals surface area contributed by atoms with Crippen molar-refractivity contribution in [2.45, 2.75) is 36.6 Å². The molecule has 178 valence electrons. The molecule has 0 aliphatic heterocycles. The van der Waals surface area contributed by atoms with Crippen molar-refractivity contribution in [3.8, 4) is 16.9 Å². The van der Waals surface area contributed by atoms with E-state index in [-0.39, 0.29) is 17.9 Å². The number of fused-ring (bicyclic) bond motifs is 3. The van der Waals surface area contributed by atoms with Gasteiger partial charge in [-0.2, -0.15) is 0 Å². The lowest BCUT2D eigenvalue weighted by atomic mass is 9.31. The molecule has 0 saturated heterocycles. The van der Waals surface area contributed by atoms with Gasteiger partial charge in [-0.15, -0.1) is 0 Å². The van der Waals surface area contributed by atoms with E-state index in [1.165, 1.54) is 0 Å². The first-order chi connectivity index (χ1) is 17.0. The maximum atomic E-state index is 12.8. The molecule has 0 radical (unpaired) electrons. The molecule has 7 rings (SSSR count). The summed E-state index contributed by atoms with van der Waals surface area (Å²) in [6.07, 6.45) is 1.44. The Morgan fingerprint density at radius 3 is 2.11 bits per heavy atom. The van der Waals surface area contributed by atoms with Gasteiger partial charge in [0, 0.05) is 22.3 Å². The topological polar surface area (TPSA) is 84.9 Å². The van der Waals surface area contributed by atoms with Crippen molar-refractivity contribution >= 4 is 12.1 Å². The molecule has 3 aromatic rings. The van der Waals surface area contributed by atoms with Gasteiger partial charge in [-0.1, -0.05) is 66.7 Å².